The maximum atomic E-state index is 12.6. The van der Waals surface area contributed by atoms with Gasteiger partial charge >= 0.3 is 0 Å². The molecule has 1 fully saturated rings. The number of amides is 1. The van der Waals surface area contributed by atoms with Gasteiger partial charge in [-0.1, -0.05) is 12.5 Å². The third-order valence-electron chi connectivity index (χ3n) is 4.33. The Morgan fingerprint density at radius 3 is 3.00 bits per heavy atom. The van der Waals surface area contributed by atoms with Gasteiger partial charge in [-0.3, -0.25) is 9.48 Å². The second-order valence-corrected chi connectivity index (χ2v) is 5.97. The summed E-state index contributed by atoms with van der Waals surface area (Å²) in [7, 11) is 0. The second-order valence-electron chi connectivity index (χ2n) is 5.97. The van der Waals surface area contributed by atoms with Gasteiger partial charge in [-0.2, -0.15) is 5.10 Å². The number of hydrogen-bond acceptors (Lipinski definition) is 5. The maximum Gasteiger partial charge on any atom is 0.273 e. The molecule has 0 aliphatic heterocycles. The molecule has 24 heavy (non-hydrogen) atoms. The van der Waals surface area contributed by atoms with Crippen molar-refractivity contribution in [2.75, 3.05) is 5.32 Å². The summed E-state index contributed by atoms with van der Waals surface area (Å²) in [4.78, 5) is 12.6. The van der Waals surface area contributed by atoms with E-state index in [1.807, 2.05) is 18.2 Å². The summed E-state index contributed by atoms with van der Waals surface area (Å²) in [6, 6.07) is 9.06. The van der Waals surface area contributed by atoms with Crippen LogP contribution in [0.25, 0.3) is 11.5 Å². The summed E-state index contributed by atoms with van der Waals surface area (Å²) >= 11 is 0. The Bertz CT molecular complexity index is 836. The molecule has 1 saturated carbocycles. The number of carbonyl (C=O) groups excluding carboxylic acids is 1. The molecule has 0 unspecified atom stereocenters. The number of hydrogen-bond donors (Lipinski definition) is 1. The fraction of sp³-hybridized carbons (Fsp3) is 0.294. The highest BCUT2D eigenvalue weighted by Crippen LogP contribution is 2.28. The Hall–Kier alpha value is -2.96. The van der Waals surface area contributed by atoms with Gasteiger partial charge in [0.1, 0.15) is 5.69 Å². The van der Waals surface area contributed by atoms with Crippen LogP contribution in [0.15, 0.2) is 47.3 Å². The smallest absolute Gasteiger partial charge is 0.273 e. The van der Waals surface area contributed by atoms with E-state index >= 15 is 0 Å². The number of anilines is 1. The van der Waals surface area contributed by atoms with Crippen molar-refractivity contribution in [2.24, 2.45) is 5.92 Å². The fourth-order valence-electron chi connectivity index (χ4n) is 2.81. The maximum absolute atomic E-state index is 12.6. The third kappa shape index (κ3) is 2.92. The van der Waals surface area contributed by atoms with Crippen molar-refractivity contribution >= 4 is 11.6 Å². The molecule has 2 aromatic heterocycles. The molecule has 0 radical (unpaired) electrons. The molecule has 1 aliphatic carbocycles. The van der Waals surface area contributed by atoms with Crippen molar-refractivity contribution in [1.82, 2.24) is 20.0 Å². The van der Waals surface area contributed by atoms with Crippen molar-refractivity contribution in [2.45, 2.75) is 25.8 Å². The summed E-state index contributed by atoms with van der Waals surface area (Å²) in [6.07, 6.45) is 6.65. The first-order valence-electron chi connectivity index (χ1n) is 7.99. The predicted octanol–water partition coefficient (Wildman–Crippen LogP) is 2.99. The Kier molecular flexibility index (Phi) is 3.82. The molecule has 3 aromatic rings. The zero-order valence-electron chi connectivity index (χ0n) is 13.1. The Morgan fingerprint density at radius 1 is 1.33 bits per heavy atom. The van der Waals surface area contributed by atoms with Crippen LogP contribution in [-0.2, 0) is 6.54 Å². The molecule has 1 aromatic carbocycles. The summed E-state index contributed by atoms with van der Waals surface area (Å²) in [6.45, 7) is 0.803. The second kappa shape index (κ2) is 6.27. The lowest BCUT2D eigenvalue weighted by Crippen LogP contribution is -2.23. The zero-order chi connectivity index (χ0) is 16.4. The highest BCUT2D eigenvalue weighted by Gasteiger charge is 2.21. The topological polar surface area (TPSA) is 85.8 Å². The molecular formula is C17H17N5O2. The average Bonchev–Trinajstić information content (AvgIpc) is 3.23. The van der Waals surface area contributed by atoms with Crippen LogP contribution < -0.4 is 5.32 Å². The molecule has 122 valence electrons. The van der Waals surface area contributed by atoms with Gasteiger partial charge in [0.25, 0.3) is 5.91 Å². The van der Waals surface area contributed by atoms with Crippen molar-refractivity contribution in [3.05, 3.63) is 48.6 Å². The first-order chi connectivity index (χ1) is 11.8. The summed E-state index contributed by atoms with van der Waals surface area (Å²) in [5, 5.41) is 14.7. The van der Waals surface area contributed by atoms with Gasteiger partial charge in [0, 0.05) is 24.0 Å². The van der Waals surface area contributed by atoms with Crippen LogP contribution in [0.4, 0.5) is 5.69 Å². The van der Waals surface area contributed by atoms with Crippen LogP contribution in [0.2, 0.25) is 0 Å². The number of carbonyl (C=O) groups is 1. The molecule has 1 aliphatic rings. The van der Waals surface area contributed by atoms with Gasteiger partial charge < -0.3 is 9.73 Å². The van der Waals surface area contributed by atoms with E-state index < -0.39 is 0 Å². The van der Waals surface area contributed by atoms with E-state index in [1.165, 1.54) is 25.7 Å². The number of aromatic nitrogens is 4. The molecule has 4 rings (SSSR count). The van der Waals surface area contributed by atoms with E-state index in [1.54, 1.807) is 23.0 Å². The number of nitrogens with zero attached hydrogens (tertiary/aromatic N) is 4. The SMILES string of the molecule is O=C(Nc1cccc(-c2nnco2)c1)c1ccnn1CC1CCC1. The largest absolute Gasteiger partial charge is 0.423 e. The van der Waals surface area contributed by atoms with E-state index in [2.05, 4.69) is 20.6 Å². The van der Waals surface area contributed by atoms with E-state index in [9.17, 15) is 4.79 Å². The lowest BCUT2D eigenvalue weighted by Gasteiger charge is -2.25. The minimum absolute atomic E-state index is 0.172. The van der Waals surface area contributed by atoms with Crippen LogP contribution in [0.5, 0.6) is 0 Å². The van der Waals surface area contributed by atoms with Crippen LogP contribution >= 0.6 is 0 Å². The summed E-state index contributed by atoms with van der Waals surface area (Å²) in [5.41, 5.74) is 2.01. The van der Waals surface area contributed by atoms with Crippen LogP contribution in [0.1, 0.15) is 29.8 Å². The molecule has 1 amide bonds. The minimum atomic E-state index is -0.172. The standard InChI is InChI=1S/C17H17N5O2/c23-16(15-7-8-19-22(15)10-12-3-1-4-12)20-14-6-2-5-13(9-14)17-21-18-11-24-17/h2,5-9,11-12H,1,3-4,10H2,(H,20,23). The summed E-state index contributed by atoms with van der Waals surface area (Å²) < 4.78 is 6.98. The Labute approximate surface area is 138 Å². The van der Waals surface area contributed by atoms with Crippen molar-refractivity contribution in [1.29, 1.82) is 0 Å². The van der Waals surface area contributed by atoms with Gasteiger partial charge in [0.15, 0.2) is 0 Å². The van der Waals surface area contributed by atoms with Crippen LogP contribution in [0.3, 0.4) is 0 Å². The Balaban J connectivity index is 1.50. The predicted molar refractivity (Wildman–Crippen MR) is 87.3 cm³/mol. The first kappa shape index (κ1) is 14.6. The Morgan fingerprint density at radius 2 is 2.25 bits per heavy atom. The number of rotatable bonds is 5. The van der Waals surface area contributed by atoms with Gasteiger partial charge in [0.2, 0.25) is 12.3 Å². The monoisotopic (exact) mass is 323 g/mol. The van der Waals surface area contributed by atoms with Crippen molar-refractivity contribution in [3.8, 4) is 11.5 Å². The highest BCUT2D eigenvalue weighted by molar-refractivity contribution is 6.03. The lowest BCUT2D eigenvalue weighted by molar-refractivity contribution is 0.101. The number of nitrogens with one attached hydrogen (secondary N) is 1. The quantitative estimate of drug-likeness (QED) is 0.780. The molecule has 7 nitrogen and oxygen atoms in total. The van der Waals surface area contributed by atoms with E-state index in [0.717, 1.165) is 12.1 Å². The minimum Gasteiger partial charge on any atom is -0.423 e. The van der Waals surface area contributed by atoms with E-state index in [4.69, 9.17) is 4.42 Å². The van der Waals surface area contributed by atoms with Crippen LogP contribution in [-0.4, -0.2) is 25.9 Å². The normalized spacial score (nSPS) is 14.3. The van der Waals surface area contributed by atoms with Gasteiger partial charge in [-0.15, -0.1) is 10.2 Å². The molecule has 1 N–H and O–H groups in total. The molecular weight excluding hydrogens is 306 g/mol. The highest BCUT2D eigenvalue weighted by atomic mass is 16.4. The first-order valence-corrected chi connectivity index (χ1v) is 7.99. The molecule has 0 bridgehead atoms. The molecule has 0 saturated heterocycles. The van der Waals surface area contributed by atoms with Crippen LogP contribution in [0, 0.1) is 5.92 Å². The van der Waals surface area contributed by atoms with Crippen molar-refractivity contribution in [3.63, 3.8) is 0 Å². The van der Waals surface area contributed by atoms with E-state index in [-0.39, 0.29) is 5.91 Å². The number of benzene rings is 1. The fourth-order valence-corrected chi connectivity index (χ4v) is 2.81. The average molecular weight is 323 g/mol. The lowest BCUT2D eigenvalue weighted by atomic mass is 9.85. The molecule has 7 heteroatoms. The van der Waals surface area contributed by atoms with E-state index in [0.29, 0.717) is 23.2 Å². The zero-order valence-corrected chi connectivity index (χ0v) is 13.1. The molecule has 0 atom stereocenters. The summed E-state index contributed by atoms with van der Waals surface area (Å²) in [5.74, 6) is 0.882. The van der Waals surface area contributed by atoms with Gasteiger partial charge in [0.05, 0.1) is 0 Å². The third-order valence-corrected chi connectivity index (χ3v) is 4.33. The van der Waals surface area contributed by atoms with Crippen molar-refractivity contribution < 1.29 is 9.21 Å². The van der Waals surface area contributed by atoms with Gasteiger partial charge in [-0.05, 0) is 43.0 Å². The molecule has 2 heterocycles. The van der Waals surface area contributed by atoms with Gasteiger partial charge in [-0.25, -0.2) is 0 Å². The molecule has 0 spiro atoms.